The second-order valence-corrected chi connectivity index (χ2v) is 2.62. The Hall–Kier alpha value is -1.51. The molecule has 0 N–H and O–H groups in total. The molecule has 0 saturated carbocycles. The van der Waals surface area contributed by atoms with Gasteiger partial charge in [-0.15, -0.1) is 0 Å². The molecule has 2 aromatic rings. The van der Waals surface area contributed by atoms with Gasteiger partial charge in [-0.3, -0.25) is 4.68 Å². The topological polar surface area (TPSA) is 27.1 Å². The molecule has 0 bridgehead atoms. The molecule has 61 valence electrons. The average Bonchev–Trinajstić information content (AvgIpc) is 2.47. The van der Waals surface area contributed by atoms with Gasteiger partial charge in [-0.2, -0.15) is 5.10 Å². The lowest BCUT2D eigenvalue weighted by molar-refractivity contribution is 0.415. The molecular weight excluding hydrogens is 152 g/mol. The summed E-state index contributed by atoms with van der Waals surface area (Å²) < 4.78 is 6.86. The summed E-state index contributed by atoms with van der Waals surface area (Å²) in [5.74, 6) is 0.840. The monoisotopic (exact) mass is 161 g/mol. The Morgan fingerprint density at radius 2 is 2.33 bits per heavy atom. The van der Waals surface area contributed by atoms with Crippen LogP contribution in [0.3, 0.4) is 0 Å². The molecule has 1 aromatic carbocycles. The van der Waals surface area contributed by atoms with Crippen molar-refractivity contribution in [3.8, 4) is 5.75 Å². The van der Waals surface area contributed by atoms with Gasteiger partial charge in [0.25, 0.3) is 0 Å². The fourth-order valence-corrected chi connectivity index (χ4v) is 1.20. The second-order valence-electron chi connectivity index (χ2n) is 2.62. The van der Waals surface area contributed by atoms with Crippen molar-refractivity contribution in [2.75, 3.05) is 7.11 Å². The number of hydrogen-bond acceptors (Lipinski definition) is 2. The van der Waals surface area contributed by atoms with E-state index in [2.05, 4.69) is 11.3 Å². The van der Waals surface area contributed by atoms with Crippen LogP contribution in [0.2, 0.25) is 0 Å². The predicted octanol–water partition coefficient (Wildman–Crippen LogP) is 1.38. The first-order chi connectivity index (χ1) is 5.81. The van der Waals surface area contributed by atoms with Gasteiger partial charge in [0.15, 0.2) is 0 Å². The summed E-state index contributed by atoms with van der Waals surface area (Å²) in [6, 6.07) is 5.80. The highest BCUT2D eigenvalue weighted by atomic mass is 16.5. The third-order valence-electron chi connectivity index (χ3n) is 1.87. The molecule has 2 rings (SSSR count). The maximum absolute atomic E-state index is 5.07. The molecule has 0 amide bonds. The zero-order valence-electron chi connectivity index (χ0n) is 7.03. The number of nitrogens with zero attached hydrogens (tertiary/aromatic N) is 2. The SMILES string of the molecule is COc1ccc2c([c]nn2C)c1. The Labute approximate surface area is 70.6 Å². The van der Waals surface area contributed by atoms with Crippen LogP contribution in [0.5, 0.6) is 5.75 Å². The largest absolute Gasteiger partial charge is 0.497 e. The van der Waals surface area contributed by atoms with Crippen LogP contribution in [0.1, 0.15) is 0 Å². The molecule has 1 aromatic heterocycles. The van der Waals surface area contributed by atoms with Crippen molar-refractivity contribution in [3.05, 3.63) is 24.4 Å². The number of fused-ring (bicyclic) bond motifs is 1. The van der Waals surface area contributed by atoms with Crippen LogP contribution in [-0.2, 0) is 7.05 Å². The van der Waals surface area contributed by atoms with Crippen molar-refractivity contribution in [2.24, 2.45) is 7.05 Å². The van der Waals surface area contributed by atoms with Crippen LogP contribution in [0.25, 0.3) is 10.9 Å². The first-order valence-electron chi connectivity index (χ1n) is 3.69. The maximum Gasteiger partial charge on any atom is 0.121 e. The van der Waals surface area contributed by atoms with E-state index < -0.39 is 0 Å². The summed E-state index contributed by atoms with van der Waals surface area (Å²) in [6.07, 6.45) is 2.90. The fourth-order valence-electron chi connectivity index (χ4n) is 1.20. The van der Waals surface area contributed by atoms with Gasteiger partial charge >= 0.3 is 0 Å². The van der Waals surface area contributed by atoms with Gasteiger partial charge in [-0.25, -0.2) is 0 Å². The smallest absolute Gasteiger partial charge is 0.121 e. The van der Waals surface area contributed by atoms with Crippen molar-refractivity contribution in [3.63, 3.8) is 0 Å². The molecule has 0 saturated heterocycles. The first kappa shape index (κ1) is 7.16. The standard InChI is InChI=1S/C9H9N2O/c1-11-9-4-3-8(12-2)5-7(9)6-10-11/h3-5H,1-2H3. The Balaban J connectivity index is 2.69. The van der Waals surface area contributed by atoms with Gasteiger partial charge in [0.05, 0.1) is 12.6 Å². The zero-order valence-corrected chi connectivity index (χ0v) is 7.03. The maximum atomic E-state index is 5.07. The third-order valence-corrected chi connectivity index (χ3v) is 1.87. The van der Waals surface area contributed by atoms with E-state index in [0.29, 0.717) is 0 Å². The summed E-state index contributed by atoms with van der Waals surface area (Å²) in [6.45, 7) is 0. The number of aromatic nitrogens is 2. The molecule has 1 heterocycles. The second kappa shape index (κ2) is 2.52. The Kier molecular flexibility index (Phi) is 1.50. The van der Waals surface area contributed by atoms with Gasteiger partial charge < -0.3 is 4.74 Å². The molecule has 12 heavy (non-hydrogen) atoms. The van der Waals surface area contributed by atoms with Crippen molar-refractivity contribution in [2.45, 2.75) is 0 Å². The van der Waals surface area contributed by atoms with E-state index in [1.54, 1.807) is 11.8 Å². The molecule has 0 aliphatic rings. The minimum atomic E-state index is 0.840. The average molecular weight is 161 g/mol. The predicted molar refractivity (Wildman–Crippen MR) is 46.1 cm³/mol. The van der Waals surface area contributed by atoms with E-state index in [4.69, 9.17) is 4.74 Å². The highest BCUT2D eigenvalue weighted by Crippen LogP contribution is 2.18. The summed E-state index contributed by atoms with van der Waals surface area (Å²) in [5, 5.41) is 4.99. The molecule has 0 spiro atoms. The van der Waals surface area contributed by atoms with E-state index in [1.165, 1.54) is 0 Å². The molecule has 0 unspecified atom stereocenters. The number of methoxy groups -OCH3 is 1. The lowest BCUT2D eigenvalue weighted by atomic mass is 10.2. The fraction of sp³-hybridized carbons (Fsp3) is 0.222. The van der Waals surface area contributed by atoms with Crippen LogP contribution < -0.4 is 4.74 Å². The molecule has 3 nitrogen and oxygen atoms in total. The Morgan fingerprint density at radius 3 is 3.08 bits per heavy atom. The lowest BCUT2D eigenvalue weighted by Crippen LogP contribution is -1.88. The van der Waals surface area contributed by atoms with E-state index in [9.17, 15) is 0 Å². The zero-order chi connectivity index (χ0) is 8.55. The van der Waals surface area contributed by atoms with Gasteiger partial charge in [0, 0.05) is 12.4 Å². The van der Waals surface area contributed by atoms with Crippen molar-refractivity contribution in [1.29, 1.82) is 0 Å². The molecule has 0 atom stereocenters. The molecular formula is C9H9N2O. The summed E-state index contributed by atoms with van der Waals surface area (Å²) >= 11 is 0. The van der Waals surface area contributed by atoms with Gasteiger partial charge in [-0.1, -0.05) is 0 Å². The van der Waals surface area contributed by atoms with Gasteiger partial charge in [0.1, 0.15) is 11.9 Å². The Morgan fingerprint density at radius 1 is 1.50 bits per heavy atom. The molecule has 3 heteroatoms. The van der Waals surface area contributed by atoms with E-state index in [-0.39, 0.29) is 0 Å². The normalized spacial score (nSPS) is 10.5. The van der Waals surface area contributed by atoms with Crippen molar-refractivity contribution in [1.82, 2.24) is 9.78 Å². The quantitative estimate of drug-likeness (QED) is 0.631. The summed E-state index contributed by atoms with van der Waals surface area (Å²) in [4.78, 5) is 0. The summed E-state index contributed by atoms with van der Waals surface area (Å²) in [7, 11) is 3.54. The van der Waals surface area contributed by atoms with E-state index in [0.717, 1.165) is 16.7 Å². The lowest BCUT2D eigenvalue weighted by Gasteiger charge is -1.98. The van der Waals surface area contributed by atoms with E-state index in [1.807, 2.05) is 25.2 Å². The van der Waals surface area contributed by atoms with Crippen LogP contribution in [0, 0.1) is 6.20 Å². The van der Waals surface area contributed by atoms with Crippen LogP contribution in [0.15, 0.2) is 18.2 Å². The van der Waals surface area contributed by atoms with E-state index >= 15 is 0 Å². The summed E-state index contributed by atoms with van der Waals surface area (Å²) in [5.41, 5.74) is 1.07. The highest BCUT2D eigenvalue weighted by molar-refractivity contribution is 5.79. The Bertz CT molecular complexity index is 406. The van der Waals surface area contributed by atoms with Crippen molar-refractivity contribution >= 4 is 10.9 Å². The minimum absolute atomic E-state index is 0.840. The molecule has 0 aliphatic carbocycles. The van der Waals surface area contributed by atoms with Gasteiger partial charge in [-0.05, 0) is 18.2 Å². The molecule has 0 fully saturated rings. The minimum Gasteiger partial charge on any atom is -0.497 e. The first-order valence-corrected chi connectivity index (χ1v) is 3.69. The van der Waals surface area contributed by atoms with Crippen molar-refractivity contribution < 1.29 is 4.74 Å². The highest BCUT2D eigenvalue weighted by Gasteiger charge is 2.00. The number of aryl methyl sites for hydroxylation is 1. The number of ether oxygens (including phenoxy) is 1. The molecule has 0 aliphatic heterocycles. The van der Waals surface area contributed by atoms with Crippen LogP contribution >= 0.6 is 0 Å². The third kappa shape index (κ3) is 0.942. The molecule has 1 radical (unpaired) electrons. The van der Waals surface area contributed by atoms with Gasteiger partial charge in [0.2, 0.25) is 0 Å². The number of benzene rings is 1. The van der Waals surface area contributed by atoms with Crippen LogP contribution in [0.4, 0.5) is 0 Å². The number of hydrogen-bond donors (Lipinski definition) is 0. The van der Waals surface area contributed by atoms with Crippen LogP contribution in [-0.4, -0.2) is 16.9 Å². The number of rotatable bonds is 1.